The fraction of sp³-hybridized carbons (Fsp3) is 0.273. The SMILES string of the molecule is COc1ccc(CCNC(=O)/C(C#N)=C\Nc2cc(C)cc(C)c2)cc1OC. The molecule has 1 amide bonds. The number of carbonyl (C=O) groups excluding carboxylic acids is 1. The van der Waals surface area contributed by atoms with Crippen LogP contribution in [0.1, 0.15) is 16.7 Å². The zero-order valence-corrected chi connectivity index (χ0v) is 16.6. The average molecular weight is 379 g/mol. The highest BCUT2D eigenvalue weighted by atomic mass is 16.5. The van der Waals surface area contributed by atoms with Crippen molar-refractivity contribution in [2.24, 2.45) is 0 Å². The Labute approximate surface area is 165 Å². The summed E-state index contributed by atoms with van der Waals surface area (Å²) in [4.78, 5) is 12.3. The van der Waals surface area contributed by atoms with Crippen LogP contribution < -0.4 is 20.1 Å². The Kier molecular flexibility index (Phi) is 7.46. The molecule has 6 heteroatoms. The van der Waals surface area contributed by atoms with Gasteiger partial charge in [-0.1, -0.05) is 12.1 Å². The molecule has 0 aliphatic carbocycles. The predicted molar refractivity (Wildman–Crippen MR) is 109 cm³/mol. The predicted octanol–water partition coefficient (Wildman–Crippen LogP) is 3.50. The summed E-state index contributed by atoms with van der Waals surface area (Å²) in [6, 6.07) is 13.5. The van der Waals surface area contributed by atoms with Crippen LogP contribution >= 0.6 is 0 Å². The molecule has 2 aromatic rings. The standard InChI is InChI=1S/C22H25N3O3/c1-15-9-16(2)11-19(10-15)25-14-18(13-23)22(26)24-8-7-17-5-6-20(27-3)21(12-17)28-4/h5-6,9-12,14,25H,7-8H2,1-4H3,(H,24,26)/b18-14-. The zero-order valence-electron chi connectivity index (χ0n) is 16.6. The topological polar surface area (TPSA) is 83.4 Å². The van der Waals surface area contributed by atoms with E-state index in [4.69, 9.17) is 9.47 Å². The maximum Gasteiger partial charge on any atom is 0.263 e. The average Bonchev–Trinajstić information content (AvgIpc) is 2.67. The molecule has 0 spiro atoms. The minimum atomic E-state index is -0.417. The highest BCUT2D eigenvalue weighted by molar-refractivity contribution is 5.97. The molecule has 2 aromatic carbocycles. The molecule has 0 unspecified atom stereocenters. The quantitative estimate of drug-likeness (QED) is 0.542. The lowest BCUT2D eigenvalue weighted by Crippen LogP contribution is -2.27. The summed E-state index contributed by atoms with van der Waals surface area (Å²) in [6.45, 7) is 4.39. The molecular weight excluding hydrogens is 354 g/mol. The molecule has 0 radical (unpaired) electrons. The molecule has 0 bridgehead atoms. The summed E-state index contributed by atoms with van der Waals surface area (Å²) in [5.74, 6) is 0.879. The van der Waals surface area contributed by atoms with Gasteiger partial charge in [-0.2, -0.15) is 5.26 Å². The number of carbonyl (C=O) groups is 1. The fourth-order valence-corrected chi connectivity index (χ4v) is 2.81. The monoisotopic (exact) mass is 379 g/mol. The number of rotatable bonds is 8. The molecular formula is C22H25N3O3. The Morgan fingerprint density at radius 1 is 1.07 bits per heavy atom. The van der Waals surface area contributed by atoms with Crippen LogP contribution in [0.3, 0.4) is 0 Å². The van der Waals surface area contributed by atoms with E-state index in [0.717, 1.165) is 22.4 Å². The van der Waals surface area contributed by atoms with Crippen molar-refractivity contribution in [2.75, 3.05) is 26.1 Å². The van der Waals surface area contributed by atoms with Gasteiger partial charge in [-0.05, 0) is 61.2 Å². The third kappa shape index (κ3) is 5.78. The molecule has 0 fully saturated rings. The van der Waals surface area contributed by atoms with E-state index in [9.17, 15) is 10.1 Å². The third-order valence-corrected chi connectivity index (χ3v) is 4.12. The van der Waals surface area contributed by atoms with Crippen LogP contribution in [0.5, 0.6) is 11.5 Å². The second kappa shape index (κ2) is 10.0. The van der Waals surface area contributed by atoms with Crippen molar-refractivity contribution in [3.8, 4) is 17.6 Å². The molecule has 6 nitrogen and oxygen atoms in total. The third-order valence-electron chi connectivity index (χ3n) is 4.12. The summed E-state index contributed by atoms with van der Waals surface area (Å²) in [5.41, 5.74) is 4.06. The Hall–Kier alpha value is -3.46. The summed E-state index contributed by atoms with van der Waals surface area (Å²) < 4.78 is 10.5. The van der Waals surface area contributed by atoms with E-state index in [-0.39, 0.29) is 5.57 Å². The minimum absolute atomic E-state index is 0.0199. The summed E-state index contributed by atoms with van der Waals surface area (Å²) in [7, 11) is 3.16. The molecule has 2 N–H and O–H groups in total. The number of nitriles is 1. The summed E-state index contributed by atoms with van der Waals surface area (Å²) in [6.07, 6.45) is 2.04. The molecule has 0 saturated heterocycles. The second-order valence-corrected chi connectivity index (χ2v) is 6.39. The Bertz CT molecular complexity index is 893. The first-order chi connectivity index (χ1) is 13.5. The van der Waals surface area contributed by atoms with E-state index >= 15 is 0 Å². The van der Waals surface area contributed by atoms with Crippen LogP contribution in [0.25, 0.3) is 0 Å². The van der Waals surface area contributed by atoms with Crippen molar-refractivity contribution in [2.45, 2.75) is 20.3 Å². The van der Waals surface area contributed by atoms with Crippen LogP contribution in [0.15, 0.2) is 48.2 Å². The maximum absolute atomic E-state index is 12.3. The van der Waals surface area contributed by atoms with Gasteiger partial charge in [-0.25, -0.2) is 0 Å². The highest BCUT2D eigenvalue weighted by Gasteiger charge is 2.09. The molecule has 0 aliphatic heterocycles. The van der Waals surface area contributed by atoms with Gasteiger partial charge in [0.05, 0.1) is 14.2 Å². The first kappa shape index (κ1) is 20.8. The van der Waals surface area contributed by atoms with E-state index in [0.29, 0.717) is 24.5 Å². The van der Waals surface area contributed by atoms with E-state index in [1.165, 1.54) is 6.20 Å². The molecule has 146 valence electrons. The first-order valence-corrected chi connectivity index (χ1v) is 8.91. The molecule has 28 heavy (non-hydrogen) atoms. The lowest BCUT2D eigenvalue weighted by molar-refractivity contribution is -0.117. The first-order valence-electron chi connectivity index (χ1n) is 8.91. The minimum Gasteiger partial charge on any atom is -0.493 e. The number of ether oxygens (including phenoxy) is 2. The molecule has 0 aromatic heterocycles. The van der Waals surface area contributed by atoms with Crippen molar-refractivity contribution in [3.63, 3.8) is 0 Å². The largest absolute Gasteiger partial charge is 0.493 e. The van der Waals surface area contributed by atoms with Crippen LogP contribution in [-0.2, 0) is 11.2 Å². The number of hydrogen-bond acceptors (Lipinski definition) is 5. The maximum atomic E-state index is 12.3. The van der Waals surface area contributed by atoms with Crippen LogP contribution in [-0.4, -0.2) is 26.7 Å². The van der Waals surface area contributed by atoms with Crippen LogP contribution in [0, 0.1) is 25.2 Å². The smallest absolute Gasteiger partial charge is 0.263 e. The van der Waals surface area contributed by atoms with Gasteiger partial charge in [0.2, 0.25) is 0 Å². The van der Waals surface area contributed by atoms with Gasteiger partial charge < -0.3 is 20.1 Å². The highest BCUT2D eigenvalue weighted by Crippen LogP contribution is 2.27. The van der Waals surface area contributed by atoms with Gasteiger partial charge in [0.15, 0.2) is 11.5 Å². The summed E-state index contributed by atoms with van der Waals surface area (Å²) >= 11 is 0. The summed E-state index contributed by atoms with van der Waals surface area (Å²) in [5, 5.41) is 15.1. The Morgan fingerprint density at radius 2 is 1.75 bits per heavy atom. The normalized spacial score (nSPS) is 10.8. The van der Waals surface area contributed by atoms with Gasteiger partial charge in [0.25, 0.3) is 5.91 Å². The number of methoxy groups -OCH3 is 2. The van der Waals surface area contributed by atoms with Crippen LogP contribution in [0.4, 0.5) is 5.69 Å². The van der Waals surface area contributed by atoms with E-state index < -0.39 is 5.91 Å². The molecule has 0 aliphatic rings. The van der Waals surface area contributed by atoms with Crippen molar-refractivity contribution in [1.29, 1.82) is 5.26 Å². The van der Waals surface area contributed by atoms with Gasteiger partial charge >= 0.3 is 0 Å². The van der Waals surface area contributed by atoms with Crippen molar-refractivity contribution >= 4 is 11.6 Å². The van der Waals surface area contributed by atoms with Gasteiger partial charge in [0.1, 0.15) is 11.6 Å². The Morgan fingerprint density at radius 3 is 2.36 bits per heavy atom. The molecule has 2 rings (SSSR count). The number of anilines is 1. The number of aryl methyl sites for hydroxylation is 2. The van der Waals surface area contributed by atoms with Gasteiger partial charge in [-0.3, -0.25) is 4.79 Å². The van der Waals surface area contributed by atoms with E-state index in [1.54, 1.807) is 14.2 Å². The van der Waals surface area contributed by atoms with E-state index in [2.05, 4.69) is 16.7 Å². The lowest BCUT2D eigenvalue weighted by Gasteiger charge is -2.10. The molecule has 0 atom stereocenters. The van der Waals surface area contributed by atoms with Gasteiger partial charge in [0, 0.05) is 18.4 Å². The van der Waals surface area contributed by atoms with Crippen molar-refractivity contribution < 1.29 is 14.3 Å². The van der Waals surface area contributed by atoms with Crippen molar-refractivity contribution in [1.82, 2.24) is 5.32 Å². The number of nitrogens with one attached hydrogen (secondary N) is 2. The number of hydrogen-bond donors (Lipinski definition) is 2. The zero-order chi connectivity index (χ0) is 20.5. The van der Waals surface area contributed by atoms with Crippen molar-refractivity contribution in [3.05, 3.63) is 64.9 Å². The molecule has 0 saturated carbocycles. The second-order valence-electron chi connectivity index (χ2n) is 6.39. The lowest BCUT2D eigenvalue weighted by atomic mass is 10.1. The number of amides is 1. The van der Waals surface area contributed by atoms with Gasteiger partial charge in [-0.15, -0.1) is 0 Å². The van der Waals surface area contributed by atoms with Crippen LogP contribution in [0.2, 0.25) is 0 Å². The molecule has 0 heterocycles. The van der Waals surface area contributed by atoms with E-state index in [1.807, 2.05) is 50.2 Å². The Balaban J connectivity index is 1.94. The fourth-order valence-electron chi connectivity index (χ4n) is 2.81. The number of benzene rings is 2. The number of nitrogens with zero attached hydrogens (tertiary/aromatic N) is 1.